The summed E-state index contributed by atoms with van der Waals surface area (Å²) in [6.07, 6.45) is 6.69. The van der Waals surface area contributed by atoms with Crippen LogP contribution in [0.2, 0.25) is 0 Å². The molecule has 14 nitrogen and oxygen atoms in total. The van der Waals surface area contributed by atoms with Crippen LogP contribution in [0.4, 0.5) is 21.5 Å². The molecule has 15 heteroatoms. The van der Waals surface area contributed by atoms with Crippen LogP contribution in [0.15, 0.2) is 66.9 Å². The van der Waals surface area contributed by atoms with Crippen LogP contribution in [0.3, 0.4) is 0 Å². The number of benzene rings is 3. The fraction of sp³-hybridized carbons (Fsp3) is 0.426. The Kier molecular flexibility index (Phi) is 11.3. The second kappa shape index (κ2) is 17.2. The first-order valence-corrected chi connectivity index (χ1v) is 21.7. The summed E-state index contributed by atoms with van der Waals surface area (Å²) in [6.45, 7) is 14.3. The van der Waals surface area contributed by atoms with Gasteiger partial charge in [-0.15, -0.1) is 0 Å². The minimum absolute atomic E-state index is 0.0194. The number of anilines is 2. The maximum atomic E-state index is 15.6. The number of fused-ring (bicyclic) bond motifs is 2. The highest BCUT2D eigenvalue weighted by Crippen LogP contribution is 2.35. The van der Waals surface area contributed by atoms with Crippen molar-refractivity contribution in [1.82, 2.24) is 25.4 Å². The zero-order valence-electron chi connectivity index (χ0n) is 34.6. The van der Waals surface area contributed by atoms with Crippen molar-refractivity contribution in [3.63, 3.8) is 0 Å². The Bertz CT molecular complexity index is 2490. The molecular weight excluding hydrogens is 792 g/mol. The Hall–Kier alpha value is -6.40. The molecule has 2 N–H and O–H groups in total. The van der Waals surface area contributed by atoms with E-state index in [9.17, 15) is 24.0 Å². The predicted molar refractivity (Wildman–Crippen MR) is 230 cm³/mol. The van der Waals surface area contributed by atoms with Crippen LogP contribution >= 0.6 is 0 Å². The molecule has 3 saturated heterocycles. The van der Waals surface area contributed by atoms with Crippen LogP contribution in [-0.4, -0.2) is 108 Å². The molecule has 4 aliphatic heterocycles. The van der Waals surface area contributed by atoms with E-state index in [0.29, 0.717) is 34.1 Å². The van der Waals surface area contributed by atoms with E-state index in [0.717, 1.165) is 93.8 Å². The van der Waals surface area contributed by atoms with E-state index in [1.165, 1.54) is 6.07 Å². The van der Waals surface area contributed by atoms with Crippen molar-refractivity contribution in [2.45, 2.75) is 82.5 Å². The molecule has 5 amide bonds. The van der Waals surface area contributed by atoms with Gasteiger partial charge in [0.25, 0.3) is 17.7 Å². The minimum atomic E-state index is -0.995. The summed E-state index contributed by atoms with van der Waals surface area (Å²) in [5.74, 6) is -1.56. The van der Waals surface area contributed by atoms with Gasteiger partial charge >= 0.3 is 0 Å². The Morgan fingerprint density at radius 2 is 1.69 bits per heavy atom. The quantitative estimate of drug-likeness (QED) is 0.155. The second-order valence-corrected chi connectivity index (χ2v) is 17.2. The van der Waals surface area contributed by atoms with E-state index in [2.05, 4.69) is 42.1 Å². The van der Waals surface area contributed by atoms with Gasteiger partial charge in [-0.1, -0.05) is 6.07 Å². The number of hydrogen-bond donors (Lipinski definition) is 2. The Labute approximate surface area is 359 Å². The number of hydrogen-bond acceptors (Lipinski definition) is 10. The number of amides is 5. The van der Waals surface area contributed by atoms with Crippen molar-refractivity contribution in [1.29, 1.82) is 0 Å². The first-order valence-electron chi connectivity index (χ1n) is 21.7. The fourth-order valence-electron chi connectivity index (χ4n) is 9.85. The van der Waals surface area contributed by atoms with E-state index in [1.807, 2.05) is 24.3 Å². The molecule has 4 fully saturated rings. The molecule has 0 radical (unpaired) electrons. The van der Waals surface area contributed by atoms with E-state index in [-0.39, 0.29) is 48.1 Å². The van der Waals surface area contributed by atoms with Gasteiger partial charge in [-0.3, -0.25) is 44.1 Å². The third-order valence-electron chi connectivity index (χ3n) is 13.3. The first-order chi connectivity index (χ1) is 30.0. The number of piperazine rings is 1. The van der Waals surface area contributed by atoms with Gasteiger partial charge in [0, 0.05) is 80.6 Å². The molecule has 5 heterocycles. The van der Waals surface area contributed by atoms with Crippen LogP contribution in [0.5, 0.6) is 5.75 Å². The smallest absolute Gasteiger partial charge is 0.262 e. The van der Waals surface area contributed by atoms with Crippen LogP contribution in [0.25, 0.3) is 15.7 Å². The maximum Gasteiger partial charge on any atom is 0.262 e. The van der Waals surface area contributed by atoms with Gasteiger partial charge < -0.3 is 19.9 Å². The van der Waals surface area contributed by atoms with Crippen molar-refractivity contribution in [3.05, 3.63) is 101 Å². The fourth-order valence-corrected chi connectivity index (χ4v) is 9.85. The number of halogens is 1. The van der Waals surface area contributed by atoms with E-state index < -0.39 is 35.5 Å². The second-order valence-electron chi connectivity index (χ2n) is 17.2. The van der Waals surface area contributed by atoms with Crippen LogP contribution < -0.4 is 25.2 Å². The molecule has 1 aliphatic carbocycles. The summed E-state index contributed by atoms with van der Waals surface area (Å²) in [5.41, 5.74) is 3.34. The first kappa shape index (κ1) is 41.0. The van der Waals surface area contributed by atoms with E-state index in [4.69, 9.17) is 11.3 Å². The van der Waals surface area contributed by atoms with Gasteiger partial charge in [-0.2, -0.15) is 0 Å². The molecule has 4 aromatic rings. The zero-order valence-corrected chi connectivity index (χ0v) is 34.6. The summed E-state index contributed by atoms with van der Waals surface area (Å²) < 4.78 is 22.0. The molecule has 0 spiro atoms. The highest BCUT2D eigenvalue weighted by atomic mass is 19.1. The SMILES string of the molecule is [C-]#[N+]c1ccc(OC2CCC(NC(=O)c3ccc(N4CCC(CN5CCN(c6ccc7c(c6)C(=O)N(C6CCC(=O)NC6=O)C7=O)C[C@@H]5C)CC4)c(F)c3)CC2)c2cccnc12. The number of carbonyl (C=O) groups is 5. The van der Waals surface area contributed by atoms with Gasteiger partial charge in [0.1, 0.15) is 17.6 Å². The number of aromatic nitrogens is 1. The highest BCUT2D eigenvalue weighted by molar-refractivity contribution is 6.23. The molecule has 3 aromatic carbocycles. The van der Waals surface area contributed by atoms with Gasteiger partial charge in [-0.05, 0) is 112 Å². The lowest BCUT2D eigenvalue weighted by Gasteiger charge is -2.43. The number of rotatable bonds is 9. The number of nitrogens with zero attached hydrogens (tertiary/aromatic N) is 6. The van der Waals surface area contributed by atoms with E-state index >= 15 is 4.39 Å². The summed E-state index contributed by atoms with van der Waals surface area (Å²) >= 11 is 0. The van der Waals surface area contributed by atoms with Crippen LogP contribution in [0, 0.1) is 18.3 Å². The average Bonchev–Trinajstić information content (AvgIpc) is 3.53. The molecule has 1 unspecified atom stereocenters. The van der Waals surface area contributed by atoms with Crippen molar-refractivity contribution in [3.8, 4) is 5.75 Å². The van der Waals surface area contributed by atoms with Gasteiger partial charge in [0.05, 0.1) is 35.0 Å². The Balaban J connectivity index is 0.726. The largest absolute Gasteiger partial charge is 0.490 e. The Morgan fingerprint density at radius 3 is 2.44 bits per heavy atom. The molecule has 320 valence electrons. The molecule has 1 aromatic heterocycles. The highest BCUT2D eigenvalue weighted by Gasteiger charge is 2.45. The number of piperidine rings is 2. The van der Waals surface area contributed by atoms with Gasteiger partial charge in [-0.25, -0.2) is 9.24 Å². The molecule has 62 heavy (non-hydrogen) atoms. The zero-order chi connectivity index (χ0) is 43.1. The lowest BCUT2D eigenvalue weighted by Crippen LogP contribution is -2.54. The third-order valence-corrected chi connectivity index (χ3v) is 13.3. The number of ether oxygens (including phenoxy) is 1. The third kappa shape index (κ3) is 8.07. The number of carbonyl (C=O) groups excluding carboxylic acids is 5. The number of pyridine rings is 1. The lowest BCUT2D eigenvalue weighted by molar-refractivity contribution is -0.136. The summed E-state index contributed by atoms with van der Waals surface area (Å²) in [7, 11) is 0. The molecule has 0 bridgehead atoms. The maximum absolute atomic E-state index is 15.6. The van der Waals surface area contributed by atoms with Crippen molar-refractivity contribution >= 4 is 57.5 Å². The summed E-state index contributed by atoms with van der Waals surface area (Å²) in [4.78, 5) is 79.7. The number of nitrogens with one attached hydrogen (secondary N) is 2. The van der Waals surface area contributed by atoms with Crippen molar-refractivity contribution < 1.29 is 33.1 Å². The average molecular weight is 841 g/mol. The predicted octanol–water partition coefficient (Wildman–Crippen LogP) is 5.87. The van der Waals surface area contributed by atoms with Gasteiger partial charge in [0.2, 0.25) is 17.5 Å². The normalized spacial score (nSPS) is 23.6. The molecule has 5 aliphatic rings. The van der Waals surface area contributed by atoms with E-state index in [1.54, 1.807) is 36.5 Å². The van der Waals surface area contributed by atoms with Crippen molar-refractivity contribution in [2.24, 2.45) is 5.92 Å². The standard InChI is InChI=1S/C47H49FN8O6/c1-28-26-55(32-8-11-34-36(25-32)47(61)56(46(34)60)40-14-16-42(57)52-45(40)59)23-22-54(28)27-29-17-20-53(21-18-29)39-13-5-30(24-37(39)48)44(58)51-31-6-9-33(10-7-31)62-41-15-12-38(49-2)43-35(41)4-3-19-50-43/h3-5,8,11-13,15,19,24-25,28-29,31,33,40H,6-7,9-10,14,16-18,20-23,26-27H2,1H3,(H,51,58)(H,52,57,59)/t28-,31?,33?,40?/m0/s1. The van der Waals surface area contributed by atoms with Gasteiger partial charge in [0.15, 0.2) is 0 Å². The monoisotopic (exact) mass is 840 g/mol. The summed E-state index contributed by atoms with van der Waals surface area (Å²) in [5, 5.41) is 6.16. The van der Waals surface area contributed by atoms with Crippen LogP contribution in [-0.2, 0) is 9.59 Å². The molecule has 9 rings (SSSR count). The molecular formula is C47H49FN8O6. The Morgan fingerprint density at radius 1 is 0.903 bits per heavy atom. The summed E-state index contributed by atoms with van der Waals surface area (Å²) in [6, 6.07) is 16.6. The minimum Gasteiger partial charge on any atom is -0.490 e. The number of imide groups is 2. The topological polar surface area (TPSA) is 149 Å². The lowest BCUT2D eigenvalue weighted by atomic mass is 9.92. The van der Waals surface area contributed by atoms with Crippen molar-refractivity contribution in [2.75, 3.05) is 49.1 Å². The molecule has 1 saturated carbocycles. The van der Waals surface area contributed by atoms with Crippen LogP contribution in [0.1, 0.15) is 89.4 Å². The molecule has 2 atom stereocenters.